The van der Waals surface area contributed by atoms with Crippen LogP contribution < -0.4 is 5.63 Å². The molecule has 0 radical (unpaired) electrons. The Balaban J connectivity index is 1.51. The minimum absolute atomic E-state index is 0.311. The summed E-state index contributed by atoms with van der Waals surface area (Å²) in [4.78, 5) is 13.2. The number of rotatable bonds is 5. The zero-order valence-corrected chi connectivity index (χ0v) is 17.3. The maximum atomic E-state index is 12.0. The number of thioether (sulfide) groups is 1. The zero-order valence-electron chi connectivity index (χ0n) is 15.6. The molecule has 3 aromatic heterocycles. The summed E-state index contributed by atoms with van der Waals surface area (Å²) in [6.45, 7) is 4.11. The largest absolute Gasteiger partial charge is 0.423 e. The zero-order chi connectivity index (χ0) is 19.3. The fraction of sp³-hybridized carbons (Fsp3) is 0.286. The van der Waals surface area contributed by atoms with Crippen molar-refractivity contribution in [2.45, 2.75) is 43.6 Å². The second-order valence-corrected chi connectivity index (χ2v) is 9.09. The molecule has 0 N–H and O–H groups in total. The highest BCUT2D eigenvalue weighted by molar-refractivity contribution is 7.98. The normalized spacial score (nSPS) is 14.1. The Morgan fingerprint density at radius 3 is 2.79 bits per heavy atom. The second-order valence-electron chi connectivity index (χ2n) is 7.20. The lowest BCUT2D eigenvalue weighted by Gasteiger charge is -2.10. The first kappa shape index (κ1) is 17.7. The molecule has 28 heavy (non-hydrogen) atoms. The van der Waals surface area contributed by atoms with Crippen LogP contribution in [-0.2, 0) is 5.75 Å². The van der Waals surface area contributed by atoms with E-state index in [1.54, 1.807) is 29.2 Å². The van der Waals surface area contributed by atoms with Gasteiger partial charge in [-0.3, -0.25) is 4.57 Å². The van der Waals surface area contributed by atoms with E-state index in [4.69, 9.17) is 4.42 Å². The third kappa shape index (κ3) is 3.18. The van der Waals surface area contributed by atoms with Gasteiger partial charge in [-0.2, -0.15) is 0 Å². The van der Waals surface area contributed by atoms with Crippen LogP contribution in [0.4, 0.5) is 0 Å². The van der Waals surface area contributed by atoms with Crippen LogP contribution in [0.3, 0.4) is 0 Å². The lowest BCUT2D eigenvalue weighted by Crippen LogP contribution is -2.02. The summed E-state index contributed by atoms with van der Waals surface area (Å²) >= 11 is 3.32. The number of nitrogens with zero attached hydrogens (tertiary/aromatic N) is 3. The minimum Gasteiger partial charge on any atom is -0.423 e. The van der Waals surface area contributed by atoms with E-state index in [1.165, 1.54) is 18.4 Å². The van der Waals surface area contributed by atoms with E-state index in [0.717, 1.165) is 32.4 Å². The monoisotopic (exact) mass is 409 g/mol. The van der Waals surface area contributed by atoms with E-state index in [1.807, 2.05) is 19.1 Å². The number of hydrogen-bond donors (Lipinski definition) is 0. The van der Waals surface area contributed by atoms with Gasteiger partial charge in [-0.1, -0.05) is 17.8 Å². The smallest absolute Gasteiger partial charge is 0.336 e. The molecule has 0 aliphatic heterocycles. The molecule has 1 saturated carbocycles. The van der Waals surface area contributed by atoms with Crippen molar-refractivity contribution in [2.75, 3.05) is 0 Å². The average Bonchev–Trinajstić information content (AvgIpc) is 3.19. The molecule has 7 heteroatoms. The van der Waals surface area contributed by atoms with Crippen LogP contribution in [0.5, 0.6) is 0 Å². The summed E-state index contributed by atoms with van der Waals surface area (Å²) in [5, 5.41) is 12.9. The van der Waals surface area contributed by atoms with Crippen LogP contribution in [0, 0.1) is 13.8 Å². The Hall–Kier alpha value is -2.38. The molecule has 1 aliphatic carbocycles. The van der Waals surface area contributed by atoms with Crippen LogP contribution in [0.2, 0.25) is 0 Å². The number of benzene rings is 1. The Labute approximate surface area is 170 Å². The number of hydrogen-bond acceptors (Lipinski definition) is 6. The molecule has 5 rings (SSSR count). The molecule has 0 unspecified atom stereocenters. The highest BCUT2D eigenvalue weighted by Gasteiger charge is 2.30. The minimum atomic E-state index is -0.311. The SMILES string of the molecule is Cc1cc2oc(=O)cc(CSc3nnc(-c4cccs4)n3C3CC3)c2cc1C. The van der Waals surface area contributed by atoms with Gasteiger partial charge < -0.3 is 4.42 Å². The second kappa shape index (κ2) is 6.90. The fourth-order valence-electron chi connectivity index (χ4n) is 3.36. The summed E-state index contributed by atoms with van der Waals surface area (Å²) in [5.74, 6) is 1.60. The molecule has 0 amide bonds. The average molecular weight is 410 g/mol. The van der Waals surface area contributed by atoms with Crippen molar-refractivity contribution in [2.24, 2.45) is 0 Å². The maximum absolute atomic E-state index is 12.0. The molecule has 0 bridgehead atoms. The molecular formula is C21H19N3O2S2. The van der Waals surface area contributed by atoms with Crippen molar-refractivity contribution in [3.05, 3.63) is 62.8 Å². The van der Waals surface area contributed by atoms with E-state index < -0.39 is 0 Å². The molecule has 4 aromatic rings. The van der Waals surface area contributed by atoms with Gasteiger partial charge in [0.05, 0.1) is 4.88 Å². The van der Waals surface area contributed by atoms with Crippen molar-refractivity contribution in [1.29, 1.82) is 0 Å². The van der Waals surface area contributed by atoms with E-state index in [-0.39, 0.29) is 5.63 Å². The molecule has 0 atom stereocenters. The number of thiophene rings is 1. The van der Waals surface area contributed by atoms with Crippen LogP contribution >= 0.6 is 23.1 Å². The molecule has 1 fully saturated rings. The van der Waals surface area contributed by atoms with Crippen molar-refractivity contribution in [1.82, 2.24) is 14.8 Å². The molecule has 1 aliphatic rings. The van der Waals surface area contributed by atoms with Crippen LogP contribution in [0.25, 0.3) is 21.7 Å². The Bertz CT molecular complexity index is 1220. The molecule has 5 nitrogen and oxygen atoms in total. The number of fused-ring (bicyclic) bond motifs is 1. The van der Waals surface area contributed by atoms with Crippen molar-refractivity contribution in [3.63, 3.8) is 0 Å². The first-order chi connectivity index (χ1) is 13.6. The molecular weight excluding hydrogens is 390 g/mol. The topological polar surface area (TPSA) is 60.9 Å². The van der Waals surface area contributed by atoms with Crippen LogP contribution in [-0.4, -0.2) is 14.8 Å². The van der Waals surface area contributed by atoms with Gasteiger partial charge >= 0.3 is 5.63 Å². The Morgan fingerprint density at radius 1 is 1.21 bits per heavy atom. The quantitative estimate of drug-likeness (QED) is 0.328. The molecule has 3 heterocycles. The van der Waals surface area contributed by atoms with Gasteiger partial charge in [-0.25, -0.2) is 4.79 Å². The molecule has 1 aromatic carbocycles. The lowest BCUT2D eigenvalue weighted by molar-refractivity contribution is 0.559. The first-order valence-electron chi connectivity index (χ1n) is 9.26. The highest BCUT2D eigenvalue weighted by atomic mass is 32.2. The first-order valence-corrected chi connectivity index (χ1v) is 11.1. The van der Waals surface area contributed by atoms with Gasteiger partial charge in [-0.05, 0) is 67.0 Å². The van der Waals surface area contributed by atoms with Crippen molar-refractivity contribution in [3.8, 4) is 10.7 Å². The van der Waals surface area contributed by atoms with Gasteiger partial charge in [0.1, 0.15) is 5.58 Å². The van der Waals surface area contributed by atoms with E-state index in [9.17, 15) is 4.79 Å². The van der Waals surface area contributed by atoms with Crippen LogP contribution in [0.1, 0.15) is 35.6 Å². The standard InChI is InChI=1S/C21H19N3O2S2/c1-12-8-16-14(10-19(25)26-17(16)9-13(12)2)11-28-21-23-22-20(18-4-3-7-27-18)24(21)15-5-6-15/h3-4,7-10,15H,5-6,11H2,1-2H3. The molecule has 0 saturated heterocycles. The summed E-state index contributed by atoms with van der Waals surface area (Å²) in [5.41, 5.74) is 3.62. The molecule has 0 spiro atoms. The van der Waals surface area contributed by atoms with Crippen molar-refractivity contribution < 1.29 is 4.42 Å². The van der Waals surface area contributed by atoms with Gasteiger partial charge in [0.2, 0.25) is 0 Å². The fourth-order valence-corrected chi connectivity index (χ4v) is 5.06. The Morgan fingerprint density at radius 2 is 2.04 bits per heavy atom. The maximum Gasteiger partial charge on any atom is 0.336 e. The van der Waals surface area contributed by atoms with Crippen LogP contribution in [0.15, 0.2) is 50.1 Å². The van der Waals surface area contributed by atoms with E-state index >= 15 is 0 Å². The van der Waals surface area contributed by atoms with E-state index in [0.29, 0.717) is 17.4 Å². The number of aryl methyl sites for hydroxylation is 2. The summed E-state index contributed by atoms with van der Waals surface area (Å²) in [6.07, 6.45) is 2.33. The van der Waals surface area contributed by atoms with Gasteiger partial charge in [-0.15, -0.1) is 21.5 Å². The predicted octanol–water partition coefficient (Wildman–Crippen LogP) is 5.36. The van der Waals surface area contributed by atoms with Gasteiger partial charge in [0.25, 0.3) is 0 Å². The van der Waals surface area contributed by atoms with Gasteiger partial charge in [0.15, 0.2) is 11.0 Å². The lowest BCUT2D eigenvalue weighted by atomic mass is 10.0. The van der Waals surface area contributed by atoms with Crippen molar-refractivity contribution >= 4 is 34.1 Å². The Kier molecular flexibility index (Phi) is 4.36. The number of aromatic nitrogens is 3. The van der Waals surface area contributed by atoms with E-state index in [2.05, 4.69) is 39.2 Å². The highest BCUT2D eigenvalue weighted by Crippen LogP contribution is 2.42. The third-order valence-electron chi connectivity index (χ3n) is 5.12. The third-order valence-corrected chi connectivity index (χ3v) is 6.98. The molecule has 142 valence electrons. The summed E-state index contributed by atoms with van der Waals surface area (Å²) in [6, 6.07) is 10.3. The summed E-state index contributed by atoms with van der Waals surface area (Å²) < 4.78 is 7.68. The predicted molar refractivity (Wildman–Crippen MR) is 113 cm³/mol. The summed E-state index contributed by atoms with van der Waals surface area (Å²) in [7, 11) is 0. The van der Waals surface area contributed by atoms with Gasteiger partial charge in [0, 0.05) is 23.2 Å².